The van der Waals surface area contributed by atoms with E-state index in [1.165, 1.54) is 36.5 Å². The van der Waals surface area contributed by atoms with E-state index in [2.05, 4.69) is 20.9 Å². The molecule has 0 fully saturated rings. The third kappa shape index (κ3) is 4.77. The normalized spacial score (nSPS) is 10.6. The number of pyridine rings is 1. The van der Waals surface area contributed by atoms with E-state index in [-0.39, 0.29) is 11.3 Å². The van der Waals surface area contributed by atoms with Crippen LogP contribution in [0.1, 0.15) is 41.4 Å². The molecule has 2 N–H and O–H groups in total. The largest absolute Gasteiger partial charge is 0.478 e. The van der Waals surface area contributed by atoms with Gasteiger partial charge in [-0.2, -0.15) is 0 Å². The van der Waals surface area contributed by atoms with Gasteiger partial charge in [0.15, 0.2) is 0 Å². The minimum Gasteiger partial charge on any atom is -0.478 e. The summed E-state index contributed by atoms with van der Waals surface area (Å²) < 4.78 is 0.406. The van der Waals surface area contributed by atoms with Crippen LogP contribution in [0, 0.1) is 10.1 Å². The number of anilines is 1. The predicted molar refractivity (Wildman–Crippen MR) is 134 cm³/mol. The van der Waals surface area contributed by atoms with Crippen molar-refractivity contribution in [2.75, 3.05) is 4.90 Å². The summed E-state index contributed by atoms with van der Waals surface area (Å²) in [7, 11) is 0. The van der Waals surface area contributed by atoms with Crippen molar-refractivity contribution >= 4 is 62.0 Å². The summed E-state index contributed by atoms with van der Waals surface area (Å²) in [5.74, 6) is -5.29. The zero-order valence-electron chi connectivity index (χ0n) is 18.5. The first-order chi connectivity index (χ1) is 17.6. The molecule has 0 unspecified atom stereocenters. The molecule has 37 heavy (non-hydrogen) atoms. The van der Waals surface area contributed by atoms with Crippen LogP contribution in [0.5, 0.6) is 0 Å². The number of imide groups is 1. The van der Waals surface area contributed by atoms with Crippen LogP contribution in [-0.4, -0.2) is 43.9 Å². The van der Waals surface area contributed by atoms with Crippen molar-refractivity contribution in [1.82, 2.24) is 4.98 Å². The Hall–Kier alpha value is -4.97. The van der Waals surface area contributed by atoms with E-state index in [9.17, 15) is 39.5 Å². The number of hydrogen-bond acceptors (Lipinski definition) is 7. The molecule has 3 aromatic carbocycles. The maximum Gasteiger partial charge on any atom is 0.336 e. The number of non-ortho nitro benzene ring substituents is 1. The number of aromatic nitrogens is 1. The second-order valence-electron chi connectivity index (χ2n) is 7.58. The Morgan fingerprint density at radius 3 is 2.08 bits per heavy atom. The molecule has 1 aromatic heterocycles. The van der Waals surface area contributed by atoms with E-state index < -0.39 is 51.1 Å². The number of carbonyl (C=O) groups excluding carboxylic acids is 2. The topological polar surface area (TPSA) is 168 Å². The second kappa shape index (κ2) is 9.95. The van der Waals surface area contributed by atoms with Crippen LogP contribution in [0.4, 0.5) is 11.4 Å². The van der Waals surface area contributed by atoms with E-state index >= 15 is 0 Å². The van der Waals surface area contributed by atoms with E-state index in [1.807, 2.05) is 0 Å². The van der Waals surface area contributed by atoms with Gasteiger partial charge in [-0.05, 0) is 42.5 Å². The van der Waals surface area contributed by atoms with Gasteiger partial charge in [-0.15, -0.1) is 0 Å². The summed E-state index contributed by atoms with van der Waals surface area (Å²) in [6, 6.07) is 13.9. The zero-order valence-corrected chi connectivity index (χ0v) is 20.1. The third-order valence-electron chi connectivity index (χ3n) is 5.37. The van der Waals surface area contributed by atoms with Gasteiger partial charge in [0.2, 0.25) is 0 Å². The Morgan fingerprint density at radius 1 is 0.811 bits per heavy atom. The summed E-state index contributed by atoms with van der Waals surface area (Å²) in [6.45, 7) is 0. The number of fused-ring (bicyclic) bond motifs is 1. The fourth-order valence-electron chi connectivity index (χ4n) is 3.73. The van der Waals surface area contributed by atoms with Gasteiger partial charge in [0.05, 0.1) is 38.4 Å². The average molecular weight is 564 g/mol. The number of carbonyl (C=O) groups is 4. The molecule has 0 bridgehead atoms. The molecular weight excluding hydrogens is 550 g/mol. The van der Waals surface area contributed by atoms with Crippen LogP contribution in [0.25, 0.3) is 10.9 Å². The lowest BCUT2D eigenvalue weighted by Gasteiger charge is -2.24. The van der Waals surface area contributed by atoms with Gasteiger partial charge in [-0.1, -0.05) is 28.1 Å². The molecule has 0 aliphatic rings. The molecule has 0 spiro atoms. The first-order valence-corrected chi connectivity index (χ1v) is 11.2. The fraction of sp³-hybridized carbons (Fsp3) is 0. The third-order valence-corrected chi connectivity index (χ3v) is 5.83. The number of nitro benzene ring substituents is 1. The molecule has 11 nitrogen and oxygen atoms in total. The van der Waals surface area contributed by atoms with Crippen molar-refractivity contribution < 1.29 is 34.3 Å². The Morgan fingerprint density at radius 2 is 1.43 bits per heavy atom. The van der Waals surface area contributed by atoms with Crippen molar-refractivity contribution in [3.8, 4) is 0 Å². The molecule has 184 valence electrons. The van der Waals surface area contributed by atoms with E-state index in [0.29, 0.717) is 20.3 Å². The van der Waals surface area contributed by atoms with Crippen molar-refractivity contribution in [2.45, 2.75) is 0 Å². The van der Waals surface area contributed by atoms with Gasteiger partial charge in [-0.25, -0.2) is 14.5 Å². The number of hydrogen-bond donors (Lipinski definition) is 2. The number of amides is 2. The molecule has 12 heteroatoms. The summed E-state index contributed by atoms with van der Waals surface area (Å²) in [4.78, 5) is 66.9. The SMILES string of the molecule is O=C(O)c1ccccc1C(=O)N(C(=O)c1cc([N+](=O)[O-])ccc1C(=O)O)c1cc(Br)cc2ncccc12. The highest BCUT2D eigenvalue weighted by molar-refractivity contribution is 9.10. The Labute approximate surface area is 215 Å². The molecule has 0 saturated carbocycles. The molecule has 0 saturated heterocycles. The highest BCUT2D eigenvalue weighted by atomic mass is 79.9. The second-order valence-corrected chi connectivity index (χ2v) is 8.50. The van der Waals surface area contributed by atoms with Crippen LogP contribution in [0.3, 0.4) is 0 Å². The maximum absolute atomic E-state index is 13.9. The molecule has 2 amide bonds. The number of aromatic carboxylic acids is 2. The molecule has 0 aliphatic heterocycles. The predicted octanol–water partition coefficient (Wildman–Crippen LogP) is 4.79. The van der Waals surface area contributed by atoms with Crippen LogP contribution in [-0.2, 0) is 0 Å². The van der Waals surface area contributed by atoms with E-state index in [4.69, 9.17) is 0 Å². The number of carboxylic acids is 2. The lowest BCUT2D eigenvalue weighted by Crippen LogP contribution is -2.39. The number of rotatable bonds is 6. The average Bonchev–Trinajstić information content (AvgIpc) is 2.88. The number of carboxylic acid groups (broad SMARTS) is 2. The summed E-state index contributed by atoms with van der Waals surface area (Å²) >= 11 is 3.30. The molecule has 0 atom stereocenters. The first kappa shape index (κ1) is 25.1. The van der Waals surface area contributed by atoms with Crippen LogP contribution < -0.4 is 4.90 Å². The number of halogens is 1. The van der Waals surface area contributed by atoms with Gasteiger partial charge >= 0.3 is 11.9 Å². The van der Waals surface area contributed by atoms with Crippen LogP contribution in [0.15, 0.2) is 77.4 Å². The fourth-order valence-corrected chi connectivity index (χ4v) is 4.17. The smallest absolute Gasteiger partial charge is 0.336 e. The van der Waals surface area contributed by atoms with Crippen LogP contribution in [0.2, 0.25) is 0 Å². The molecule has 0 aliphatic carbocycles. The van der Waals surface area contributed by atoms with E-state index in [1.54, 1.807) is 18.2 Å². The Bertz CT molecular complexity index is 1640. The summed E-state index contributed by atoms with van der Waals surface area (Å²) in [5.41, 5.74) is -2.25. The van der Waals surface area contributed by atoms with Crippen LogP contribution >= 0.6 is 15.9 Å². The van der Waals surface area contributed by atoms with E-state index in [0.717, 1.165) is 18.2 Å². The molecular formula is C25H14BrN3O8. The summed E-state index contributed by atoms with van der Waals surface area (Å²) in [6.07, 6.45) is 1.48. The zero-order chi connectivity index (χ0) is 26.9. The molecule has 0 radical (unpaired) electrons. The Balaban J connectivity index is 2.05. The van der Waals surface area contributed by atoms with Gasteiger partial charge < -0.3 is 10.2 Å². The summed E-state index contributed by atoms with van der Waals surface area (Å²) in [5, 5.41) is 31.0. The maximum atomic E-state index is 13.9. The van der Waals surface area contributed by atoms with Crippen molar-refractivity contribution in [3.63, 3.8) is 0 Å². The number of nitro groups is 1. The number of benzene rings is 3. The standard InChI is InChI=1S/C25H14BrN3O8/c26-13-10-20-18(6-3-9-27-20)21(11-13)28(22(30)15-4-1-2-5-16(15)24(32)33)23(31)19-12-14(29(36)37)7-8-17(19)25(34)35/h1-12H,(H,32,33)(H,34,35). The van der Waals surface area contributed by atoms with Gasteiger partial charge in [-0.3, -0.25) is 24.7 Å². The highest BCUT2D eigenvalue weighted by Crippen LogP contribution is 2.33. The van der Waals surface area contributed by atoms with Crippen molar-refractivity contribution in [2.24, 2.45) is 0 Å². The monoisotopic (exact) mass is 563 g/mol. The quantitative estimate of drug-likeness (QED) is 0.190. The number of nitrogens with zero attached hydrogens (tertiary/aromatic N) is 3. The molecule has 4 aromatic rings. The molecule has 1 heterocycles. The lowest BCUT2D eigenvalue weighted by atomic mass is 10.0. The van der Waals surface area contributed by atoms with Crippen molar-refractivity contribution in [1.29, 1.82) is 0 Å². The Kier molecular flexibility index (Phi) is 6.76. The first-order valence-electron chi connectivity index (χ1n) is 10.4. The lowest BCUT2D eigenvalue weighted by molar-refractivity contribution is -0.384. The highest BCUT2D eigenvalue weighted by Gasteiger charge is 2.33. The minimum absolute atomic E-state index is 0.0458. The molecule has 4 rings (SSSR count). The van der Waals surface area contributed by atoms with Gasteiger partial charge in [0.1, 0.15) is 0 Å². The van der Waals surface area contributed by atoms with Crippen molar-refractivity contribution in [3.05, 3.63) is 110 Å². The van der Waals surface area contributed by atoms with Gasteiger partial charge in [0, 0.05) is 28.2 Å². The minimum atomic E-state index is -1.56. The van der Waals surface area contributed by atoms with Gasteiger partial charge in [0.25, 0.3) is 17.5 Å².